The number of aromatic nitrogens is 3. The lowest BCUT2D eigenvalue weighted by Gasteiger charge is -2.41. The number of aliphatic carboxylic acids is 2. The van der Waals surface area contributed by atoms with Gasteiger partial charge >= 0.3 is 11.9 Å². The third-order valence-corrected chi connectivity index (χ3v) is 9.45. The van der Waals surface area contributed by atoms with Gasteiger partial charge in [0.05, 0.1) is 33.9 Å². The monoisotopic (exact) mass is 634 g/mol. The van der Waals surface area contributed by atoms with Crippen LogP contribution in [0.1, 0.15) is 78.7 Å². The van der Waals surface area contributed by atoms with Crippen molar-refractivity contribution in [3.05, 3.63) is 77.3 Å². The fourth-order valence-electron chi connectivity index (χ4n) is 6.13. The Morgan fingerprint density at radius 1 is 0.933 bits per heavy atom. The fraction of sp³-hybridized carbons (Fsp3) is 0.400. The van der Waals surface area contributed by atoms with Gasteiger partial charge in [-0.25, -0.2) is 4.39 Å². The van der Waals surface area contributed by atoms with Crippen molar-refractivity contribution in [1.29, 1.82) is 0 Å². The second-order valence-corrected chi connectivity index (χ2v) is 13.3. The summed E-state index contributed by atoms with van der Waals surface area (Å²) in [4.78, 5) is 29.3. The molecule has 0 aliphatic heterocycles. The minimum absolute atomic E-state index is 0.233. The zero-order valence-corrected chi connectivity index (χ0v) is 27.1. The van der Waals surface area contributed by atoms with Gasteiger partial charge in [-0.1, -0.05) is 70.7 Å². The summed E-state index contributed by atoms with van der Waals surface area (Å²) >= 11 is 6.06. The number of hydrogen-bond donors (Lipinski definition) is 3. The van der Waals surface area contributed by atoms with Gasteiger partial charge in [-0.2, -0.15) is 10.2 Å². The topological polar surface area (TPSA) is 125 Å². The van der Waals surface area contributed by atoms with Crippen molar-refractivity contribution >= 4 is 45.8 Å². The molecule has 10 heteroatoms. The number of nitrogens with zero attached hydrogens (tertiary/aromatic N) is 3. The molecule has 2 heterocycles. The smallest absolute Gasteiger partial charge is 0.313 e. The van der Waals surface area contributed by atoms with Gasteiger partial charge in [0.25, 0.3) is 0 Å². The molecule has 0 radical (unpaired) electrons. The third-order valence-electron chi connectivity index (χ3n) is 9.22. The van der Waals surface area contributed by atoms with Crippen LogP contribution in [-0.4, -0.2) is 37.3 Å². The minimum atomic E-state index is -1.15. The molecule has 4 aromatic rings. The molecule has 0 aliphatic rings. The molecule has 0 aliphatic carbocycles. The van der Waals surface area contributed by atoms with E-state index >= 15 is 0 Å². The highest BCUT2D eigenvalue weighted by Crippen LogP contribution is 2.46. The number of anilines is 2. The lowest BCUT2D eigenvalue weighted by Crippen LogP contribution is -2.42. The summed E-state index contributed by atoms with van der Waals surface area (Å²) in [6.45, 7) is 9.54. The first-order chi connectivity index (χ1) is 21.2. The van der Waals surface area contributed by atoms with Crippen LogP contribution in [0, 0.1) is 16.6 Å². The molecule has 2 unspecified atom stereocenters. The first-order valence-corrected chi connectivity index (χ1v) is 15.5. The molecule has 0 bridgehead atoms. The Bertz CT molecular complexity index is 1710. The largest absolute Gasteiger partial charge is 0.481 e. The maximum Gasteiger partial charge on any atom is 0.313 e. The maximum absolute atomic E-state index is 14.4. The third kappa shape index (κ3) is 7.09. The second kappa shape index (κ2) is 13.5. The molecule has 8 nitrogen and oxygen atoms in total. The van der Waals surface area contributed by atoms with Crippen molar-refractivity contribution in [2.24, 2.45) is 10.8 Å². The van der Waals surface area contributed by atoms with Crippen molar-refractivity contribution in [2.45, 2.75) is 78.6 Å². The standard InChI is InChI=1S/C35H40ClFN4O4/c1-6-35(32(44)45,33(2,3)4)16-9-7-8-15-34(5,31(42)43)22-10-12-25-28(14-17-38-29(25)18-22)40-24-20-30(41-39-21-24)26-19-23(36)11-13-27(26)37/h10-14,17-21H,6-9,15-16H2,1-5H3,(H,42,43)(H,44,45)(H,38,40,41). The second-order valence-electron chi connectivity index (χ2n) is 12.9. The van der Waals surface area contributed by atoms with Crippen LogP contribution in [0.5, 0.6) is 0 Å². The van der Waals surface area contributed by atoms with Gasteiger partial charge in [-0.15, -0.1) is 0 Å². The Morgan fingerprint density at radius 2 is 1.67 bits per heavy atom. The van der Waals surface area contributed by atoms with Crippen LogP contribution in [0.4, 0.5) is 15.8 Å². The molecule has 0 saturated carbocycles. The molecule has 3 N–H and O–H groups in total. The summed E-state index contributed by atoms with van der Waals surface area (Å²) in [5.41, 5.74) is 0.738. The van der Waals surface area contributed by atoms with E-state index in [9.17, 15) is 24.2 Å². The molecule has 0 saturated heterocycles. The number of pyridine rings is 1. The molecule has 45 heavy (non-hydrogen) atoms. The van der Waals surface area contributed by atoms with Gasteiger partial charge < -0.3 is 15.5 Å². The predicted octanol–water partition coefficient (Wildman–Crippen LogP) is 9.05. The van der Waals surface area contributed by atoms with Gasteiger partial charge in [-0.3, -0.25) is 14.6 Å². The molecule has 2 aromatic carbocycles. The molecule has 4 rings (SSSR count). The number of carboxylic acids is 2. The number of unbranched alkanes of at least 4 members (excludes halogenated alkanes) is 2. The Labute approximate surface area is 268 Å². The van der Waals surface area contributed by atoms with Crippen LogP contribution in [0.3, 0.4) is 0 Å². The number of fused-ring (bicyclic) bond motifs is 1. The normalized spacial score (nSPS) is 14.5. The van der Waals surface area contributed by atoms with E-state index < -0.39 is 28.6 Å². The summed E-state index contributed by atoms with van der Waals surface area (Å²) in [7, 11) is 0. The first-order valence-electron chi connectivity index (χ1n) is 15.1. The predicted molar refractivity (Wildman–Crippen MR) is 175 cm³/mol. The van der Waals surface area contributed by atoms with E-state index in [4.69, 9.17) is 11.6 Å². The van der Waals surface area contributed by atoms with E-state index in [2.05, 4.69) is 20.5 Å². The highest BCUT2D eigenvalue weighted by atomic mass is 35.5. The zero-order chi connectivity index (χ0) is 33.0. The molecular formula is C35H40ClFN4O4. The molecule has 0 spiro atoms. The quantitative estimate of drug-likeness (QED) is 0.124. The SMILES string of the molecule is CCC(CCCCCC(C)(C(=O)O)c1ccc2c(Nc3cnnc(-c4cc(Cl)ccc4F)c3)ccnc2c1)(C(=O)O)C(C)(C)C. The van der Waals surface area contributed by atoms with Gasteiger partial charge in [0.2, 0.25) is 0 Å². The van der Waals surface area contributed by atoms with Gasteiger partial charge in [0.15, 0.2) is 0 Å². The first kappa shape index (κ1) is 33.8. The van der Waals surface area contributed by atoms with E-state index in [0.717, 1.165) is 11.8 Å². The van der Waals surface area contributed by atoms with Crippen molar-refractivity contribution in [3.8, 4) is 11.3 Å². The summed E-state index contributed by atoms with van der Waals surface area (Å²) in [6.07, 6.45) is 6.73. The van der Waals surface area contributed by atoms with E-state index in [1.54, 1.807) is 31.3 Å². The molecule has 2 atom stereocenters. The summed E-state index contributed by atoms with van der Waals surface area (Å²) < 4.78 is 14.4. The lowest BCUT2D eigenvalue weighted by atomic mass is 9.62. The lowest BCUT2D eigenvalue weighted by molar-refractivity contribution is -0.157. The Hall–Kier alpha value is -4.11. The molecule has 0 fully saturated rings. The highest BCUT2D eigenvalue weighted by Gasteiger charge is 2.46. The molecule has 0 amide bonds. The molecule has 238 valence electrons. The van der Waals surface area contributed by atoms with Gasteiger partial charge in [0.1, 0.15) is 5.82 Å². The van der Waals surface area contributed by atoms with Crippen molar-refractivity contribution in [1.82, 2.24) is 15.2 Å². The van der Waals surface area contributed by atoms with Crippen LogP contribution in [0.25, 0.3) is 22.2 Å². The molecule has 2 aromatic heterocycles. The summed E-state index contributed by atoms with van der Waals surface area (Å²) in [5.74, 6) is -2.17. The number of carbonyl (C=O) groups is 2. The fourth-order valence-corrected chi connectivity index (χ4v) is 6.31. The zero-order valence-electron chi connectivity index (χ0n) is 26.3. The van der Waals surface area contributed by atoms with Crippen molar-refractivity contribution < 1.29 is 24.2 Å². The Balaban J connectivity index is 1.52. The summed E-state index contributed by atoms with van der Waals surface area (Å²) in [6, 6.07) is 13.2. The van der Waals surface area contributed by atoms with Crippen LogP contribution in [-0.2, 0) is 15.0 Å². The van der Waals surface area contributed by atoms with Crippen LogP contribution in [0.15, 0.2) is 60.9 Å². The van der Waals surface area contributed by atoms with E-state index in [-0.39, 0.29) is 11.0 Å². The Kier molecular flexibility index (Phi) is 10.1. The van der Waals surface area contributed by atoms with Crippen molar-refractivity contribution in [3.63, 3.8) is 0 Å². The number of rotatable bonds is 13. The van der Waals surface area contributed by atoms with E-state index in [0.29, 0.717) is 65.3 Å². The van der Waals surface area contributed by atoms with E-state index in [1.807, 2.05) is 39.8 Å². The highest BCUT2D eigenvalue weighted by molar-refractivity contribution is 6.30. The Morgan fingerprint density at radius 3 is 2.33 bits per heavy atom. The minimum Gasteiger partial charge on any atom is -0.481 e. The number of nitrogens with one attached hydrogen (secondary N) is 1. The number of carboxylic acid groups (broad SMARTS) is 2. The average molecular weight is 635 g/mol. The van der Waals surface area contributed by atoms with Crippen LogP contribution >= 0.6 is 11.6 Å². The van der Waals surface area contributed by atoms with E-state index in [1.165, 1.54) is 24.4 Å². The van der Waals surface area contributed by atoms with Gasteiger partial charge in [0, 0.05) is 27.9 Å². The van der Waals surface area contributed by atoms with Crippen molar-refractivity contribution in [2.75, 3.05) is 5.32 Å². The number of halogens is 2. The maximum atomic E-state index is 14.4. The van der Waals surface area contributed by atoms with Crippen LogP contribution < -0.4 is 5.32 Å². The van der Waals surface area contributed by atoms with Crippen LogP contribution in [0.2, 0.25) is 5.02 Å². The number of benzene rings is 2. The van der Waals surface area contributed by atoms with Gasteiger partial charge in [-0.05, 0) is 73.6 Å². The average Bonchev–Trinajstić information content (AvgIpc) is 2.99. The summed E-state index contributed by atoms with van der Waals surface area (Å²) in [5, 5.41) is 32.9. The molecular weight excluding hydrogens is 595 g/mol. The number of hydrogen-bond acceptors (Lipinski definition) is 6.